The molecule has 1 saturated carbocycles. The molecule has 0 saturated heterocycles. The molecule has 2 N–H and O–H groups in total. The Balaban J connectivity index is 2.05. The lowest BCUT2D eigenvalue weighted by atomic mass is 9.82. The minimum absolute atomic E-state index is 0.281. The lowest BCUT2D eigenvalue weighted by Crippen LogP contribution is -2.21. The number of carbonyl (C=O) groups is 1. The predicted molar refractivity (Wildman–Crippen MR) is 79.7 cm³/mol. The van der Waals surface area contributed by atoms with E-state index in [1.54, 1.807) is 6.07 Å². The zero-order chi connectivity index (χ0) is 15.4. The molecule has 21 heavy (non-hydrogen) atoms. The van der Waals surface area contributed by atoms with Crippen LogP contribution in [0.15, 0.2) is 18.2 Å². The Bertz CT molecular complexity index is 544. The van der Waals surface area contributed by atoms with Crippen molar-refractivity contribution in [2.45, 2.75) is 32.6 Å². The molecule has 0 amide bonds. The predicted octanol–water partition coefficient (Wildman–Crippen LogP) is 3.53. The van der Waals surface area contributed by atoms with E-state index in [0.717, 1.165) is 12.5 Å². The first-order valence-electron chi connectivity index (χ1n) is 7.23. The SMILES string of the molecule is CC1CCCC(CNc2ccc(C(=O)O)c([N+](=O)[O-])c2)C1. The summed E-state index contributed by atoms with van der Waals surface area (Å²) in [7, 11) is 0. The first-order valence-corrected chi connectivity index (χ1v) is 7.23. The van der Waals surface area contributed by atoms with Gasteiger partial charge in [-0.2, -0.15) is 0 Å². The summed E-state index contributed by atoms with van der Waals surface area (Å²) >= 11 is 0. The van der Waals surface area contributed by atoms with E-state index in [1.165, 1.54) is 37.8 Å². The van der Waals surface area contributed by atoms with Crippen molar-refractivity contribution in [3.63, 3.8) is 0 Å². The summed E-state index contributed by atoms with van der Waals surface area (Å²) in [5.41, 5.74) is -0.0497. The number of benzene rings is 1. The second-order valence-electron chi connectivity index (χ2n) is 5.81. The Hall–Kier alpha value is -2.11. The van der Waals surface area contributed by atoms with Crippen LogP contribution in [0.4, 0.5) is 11.4 Å². The van der Waals surface area contributed by atoms with Crippen LogP contribution in [0.5, 0.6) is 0 Å². The van der Waals surface area contributed by atoms with Gasteiger partial charge < -0.3 is 10.4 Å². The van der Waals surface area contributed by atoms with Crippen molar-refractivity contribution in [2.75, 3.05) is 11.9 Å². The minimum atomic E-state index is -1.28. The van der Waals surface area contributed by atoms with Gasteiger partial charge in [-0.1, -0.05) is 19.8 Å². The molecule has 0 aromatic heterocycles. The molecule has 6 nitrogen and oxygen atoms in total. The molecule has 6 heteroatoms. The van der Waals surface area contributed by atoms with E-state index in [0.29, 0.717) is 11.6 Å². The zero-order valence-electron chi connectivity index (χ0n) is 12.0. The fourth-order valence-corrected chi connectivity index (χ4v) is 2.98. The van der Waals surface area contributed by atoms with Crippen LogP contribution in [0.25, 0.3) is 0 Å². The van der Waals surface area contributed by atoms with E-state index in [1.807, 2.05) is 0 Å². The maximum Gasteiger partial charge on any atom is 0.342 e. The van der Waals surface area contributed by atoms with Gasteiger partial charge in [0.25, 0.3) is 5.69 Å². The largest absolute Gasteiger partial charge is 0.477 e. The third-order valence-electron chi connectivity index (χ3n) is 4.06. The molecule has 2 rings (SSSR count). The van der Waals surface area contributed by atoms with Gasteiger partial charge in [-0.15, -0.1) is 0 Å². The first kappa shape index (κ1) is 15.3. The molecule has 1 aliphatic carbocycles. The van der Waals surface area contributed by atoms with Crippen molar-refractivity contribution in [2.24, 2.45) is 11.8 Å². The summed E-state index contributed by atoms with van der Waals surface area (Å²) in [6, 6.07) is 4.17. The molecule has 0 spiro atoms. The molecule has 1 aromatic carbocycles. The number of hydrogen-bond acceptors (Lipinski definition) is 4. The lowest BCUT2D eigenvalue weighted by molar-refractivity contribution is -0.385. The summed E-state index contributed by atoms with van der Waals surface area (Å²) in [6.45, 7) is 3.02. The van der Waals surface area contributed by atoms with E-state index in [-0.39, 0.29) is 11.3 Å². The van der Waals surface area contributed by atoms with Crippen molar-refractivity contribution in [1.29, 1.82) is 0 Å². The van der Waals surface area contributed by atoms with Crippen LogP contribution in [-0.2, 0) is 0 Å². The van der Waals surface area contributed by atoms with Crippen molar-refractivity contribution >= 4 is 17.3 Å². The molecule has 1 aromatic rings. The van der Waals surface area contributed by atoms with Crippen LogP contribution in [0, 0.1) is 22.0 Å². The molecule has 0 radical (unpaired) electrons. The minimum Gasteiger partial charge on any atom is -0.477 e. The van der Waals surface area contributed by atoms with Crippen LogP contribution in [0.3, 0.4) is 0 Å². The fraction of sp³-hybridized carbons (Fsp3) is 0.533. The average Bonchev–Trinajstić information content (AvgIpc) is 2.44. The van der Waals surface area contributed by atoms with Crippen LogP contribution in [-0.4, -0.2) is 22.5 Å². The molecule has 114 valence electrons. The Morgan fingerprint density at radius 3 is 2.86 bits per heavy atom. The van der Waals surface area contributed by atoms with Gasteiger partial charge in [0.1, 0.15) is 5.56 Å². The zero-order valence-corrected chi connectivity index (χ0v) is 12.0. The Morgan fingerprint density at radius 1 is 1.48 bits per heavy atom. The van der Waals surface area contributed by atoms with E-state index in [4.69, 9.17) is 5.11 Å². The van der Waals surface area contributed by atoms with Crippen LogP contribution in [0.2, 0.25) is 0 Å². The van der Waals surface area contributed by atoms with Crippen molar-refractivity contribution in [3.8, 4) is 0 Å². The molecule has 1 fully saturated rings. The molecule has 2 unspecified atom stereocenters. The van der Waals surface area contributed by atoms with Crippen molar-refractivity contribution in [1.82, 2.24) is 0 Å². The summed E-state index contributed by atoms with van der Waals surface area (Å²) < 4.78 is 0. The highest BCUT2D eigenvalue weighted by atomic mass is 16.6. The normalized spacial score (nSPS) is 21.8. The number of hydrogen-bond donors (Lipinski definition) is 2. The monoisotopic (exact) mass is 292 g/mol. The second-order valence-corrected chi connectivity index (χ2v) is 5.81. The summed E-state index contributed by atoms with van der Waals surface area (Å²) in [4.78, 5) is 21.2. The van der Waals surface area contributed by atoms with Gasteiger partial charge in [-0.3, -0.25) is 10.1 Å². The number of carboxylic acid groups (broad SMARTS) is 1. The Labute approximate surface area is 123 Å². The number of anilines is 1. The number of carboxylic acids is 1. The molecular weight excluding hydrogens is 272 g/mol. The number of rotatable bonds is 5. The fourth-order valence-electron chi connectivity index (χ4n) is 2.98. The number of nitro benzene ring substituents is 1. The van der Waals surface area contributed by atoms with Gasteiger partial charge in [0.15, 0.2) is 0 Å². The van der Waals surface area contributed by atoms with E-state index >= 15 is 0 Å². The Kier molecular flexibility index (Phi) is 4.77. The highest BCUT2D eigenvalue weighted by Crippen LogP contribution is 2.29. The average molecular weight is 292 g/mol. The molecule has 0 heterocycles. The van der Waals surface area contributed by atoms with Gasteiger partial charge in [-0.25, -0.2) is 4.79 Å². The summed E-state index contributed by atoms with van der Waals surface area (Å²) in [6.07, 6.45) is 4.84. The van der Waals surface area contributed by atoms with Gasteiger partial charge >= 0.3 is 5.97 Å². The molecule has 0 aliphatic heterocycles. The molecule has 0 bridgehead atoms. The lowest BCUT2D eigenvalue weighted by Gasteiger charge is -2.27. The standard InChI is InChI=1S/C15H20N2O4/c1-10-3-2-4-11(7-10)9-16-12-5-6-13(15(18)19)14(8-12)17(20)21/h5-6,8,10-11,16H,2-4,7,9H2,1H3,(H,18,19). The maximum absolute atomic E-state index is 11.0. The highest BCUT2D eigenvalue weighted by Gasteiger charge is 2.21. The van der Waals surface area contributed by atoms with Gasteiger partial charge in [-0.05, 0) is 36.8 Å². The number of nitro groups is 1. The van der Waals surface area contributed by atoms with E-state index < -0.39 is 10.9 Å². The number of nitrogens with zero attached hydrogens (tertiary/aromatic N) is 1. The molecule has 2 atom stereocenters. The first-order chi connectivity index (χ1) is 9.97. The quantitative estimate of drug-likeness (QED) is 0.639. The summed E-state index contributed by atoms with van der Waals surface area (Å²) in [5, 5.41) is 23.1. The molecule has 1 aliphatic rings. The van der Waals surface area contributed by atoms with Crippen molar-refractivity contribution < 1.29 is 14.8 Å². The Morgan fingerprint density at radius 2 is 2.24 bits per heavy atom. The smallest absolute Gasteiger partial charge is 0.342 e. The topological polar surface area (TPSA) is 92.5 Å². The third-order valence-corrected chi connectivity index (χ3v) is 4.06. The van der Waals surface area contributed by atoms with E-state index in [2.05, 4.69) is 12.2 Å². The summed E-state index contributed by atoms with van der Waals surface area (Å²) in [5.74, 6) is 0.0237. The van der Waals surface area contributed by atoms with Crippen molar-refractivity contribution in [3.05, 3.63) is 33.9 Å². The van der Waals surface area contributed by atoms with Gasteiger partial charge in [0.2, 0.25) is 0 Å². The van der Waals surface area contributed by atoms with Crippen LogP contribution in [0.1, 0.15) is 43.0 Å². The number of aromatic carboxylic acids is 1. The van der Waals surface area contributed by atoms with Crippen LogP contribution >= 0.6 is 0 Å². The van der Waals surface area contributed by atoms with Gasteiger partial charge in [0, 0.05) is 18.3 Å². The highest BCUT2D eigenvalue weighted by molar-refractivity contribution is 5.93. The maximum atomic E-state index is 11.0. The van der Waals surface area contributed by atoms with Crippen LogP contribution < -0.4 is 5.32 Å². The third kappa shape index (κ3) is 3.93. The van der Waals surface area contributed by atoms with E-state index in [9.17, 15) is 14.9 Å². The number of nitrogens with one attached hydrogen (secondary N) is 1. The molecular formula is C15H20N2O4. The second kappa shape index (κ2) is 6.56. The van der Waals surface area contributed by atoms with Gasteiger partial charge in [0.05, 0.1) is 4.92 Å².